The van der Waals surface area contributed by atoms with E-state index in [9.17, 15) is 9.59 Å². The summed E-state index contributed by atoms with van der Waals surface area (Å²) in [6.07, 6.45) is -0.375. The Balaban J connectivity index is 2.49. The van der Waals surface area contributed by atoms with Crippen molar-refractivity contribution in [3.63, 3.8) is 0 Å². The van der Waals surface area contributed by atoms with Gasteiger partial charge in [-0.25, -0.2) is 4.79 Å². The van der Waals surface area contributed by atoms with Gasteiger partial charge in [0.05, 0.1) is 13.0 Å². The van der Waals surface area contributed by atoms with Crippen LogP contribution in [0.25, 0.3) is 0 Å². The molecule has 1 amide bonds. The second-order valence-electron chi connectivity index (χ2n) is 5.00. The Labute approximate surface area is 95.7 Å². The second-order valence-corrected chi connectivity index (χ2v) is 5.00. The van der Waals surface area contributed by atoms with Gasteiger partial charge in [-0.15, -0.1) is 0 Å². The van der Waals surface area contributed by atoms with E-state index < -0.39 is 5.60 Å². The number of nitrogens with zero attached hydrogens (tertiary/aromatic N) is 1. The zero-order valence-corrected chi connectivity index (χ0v) is 10.4. The highest BCUT2D eigenvalue weighted by Gasteiger charge is 2.45. The van der Waals surface area contributed by atoms with Gasteiger partial charge in [0.25, 0.3) is 0 Å². The number of hydrogen-bond donors (Lipinski definition) is 0. The molecule has 1 rings (SSSR count). The average Bonchev–Trinajstić information content (AvgIpc) is 2.12. The van der Waals surface area contributed by atoms with Crippen molar-refractivity contribution in [3.8, 4) is 0 Å². The Kier molecular flexibility index (Phi) is 3.45. The quantitative estimate of drug-likeness (QED) is 0.638. The van der Waals surface area contributed by atoms with Crippen LogP contribution in [-0.4, -0.2) is 42.3 Å². The first-order valence-corrected chi connectivity index (χ1v) is 5.33. The third-order valence-corrected chi connectivity index (χ3v) is 2.60. The van der Waals surface area contributed by atoms with Crippen LogP contribution < -0.4 is 0 Å². The van der Waals surface area contributed by atoms with Crippen molar-refractivity contribution in [1.82, 2.24) is 4.90 Å². The van der Waals surface area contributed by atoms with Crippen molar-refractivity contribution in [3.05, 3.63) is 0 Å². The van der Waals surface area contributed by atoms with E-state index in [0.29, 0.717) is 6.54 Å². The number of ether oxygens (including phenoxy) is 2. The first-order valence-electron chi connectivity index (χ1n) is 5.33. The molecule has 0 radical (unpaired) electrons. The SMILES string of the molecule is COC(=O)[C@@H]1CN(C(=O)OC(C)(C)C)[C@@H]1C. The minimum absolute atomic E-state index is 0.151. The standard InChI is InChI=1S/C11H19NO4/c1-7-8(9(13)15-5)6-12(7)10(14)16-11(2,3)4/h7-8H,6H2,1-5H3/t7-,8-/m1/s1. The molecule has 5 heteroatoms. The Morgan fingerprint density at radius 3 is 2.25 bits per heavy atom. The number of hydrogen-bond acceptors (Lipinski definition) is 4. The van der Waals surface area contributed by atoms with E-state index in [1.165, 1.54) is 12.0 Å². The first kappa shape index (κ1) is 12.8. The minimum Gasteiger partial charge on any atom is -0.469 e. The second kappa shape index (κ2) is 4.31. The van der Waals surface area contributed by atoms with Crippen molar-refractivity contribution in [1.29, 1.82) is 0 Å². The van der Waals surface area contributed by atoms with Crippen molar-refractivity contribution in [2.45, 2.75) is 39.3 Å². The van der Waals surface area contributed by atoms with E-state index in [2.05, 4.69) is 4.74 Å². The van der Waals surface area contributed by atoms with Crippen molar-refractivity contribution in [2.24, 2.45) is 5.92 Å². The Morgan fingerprint density at radius 2 is 1.88 bits per heavy atom. The predicted molar refractivity (Wildman–Crippen MR) is 57.9 cm³/mol. The van der Waals surface area contributed by atoms with E-state index in [1.54, 1.807) is 0 Å². The van der Waals surface area contributed by atoms with Gasteiger partial charge in [0, 0.05) is 12.6 Å². The van der Waals surface area contributed by atoms with Crippen LogP contribution in [0.3, 0.4) is 0 Å². The van der Waals surface area contributed by atoms with Gasteiger partial charge in [-0.2, -0.15) is 0 Å². The summed E-state index contributed by atoms with van der Waals surface area (Å²) in [5.74, 6) is -0.496. The van der Waals surface area contributed by atoms with Gasteiger partial charge in [0.15, 0.2) is 0 Å². The topological polar surface area (TPSA) is 55.8 Å². The van der Waals surface area contributed by atoms with Gasteiger partial charge in [0.1, 0.15) is 5.60 Å². The lowest BCUT2D eigenvalue weighted by molar-refractivity contribution is -0.154. The van der Waals surface area contributed by atoms with Crippen molar-refractivity contribution < 1.29 is 19.1 Å². The van der Waals surface area contributed by atoms with Gasteiger partial charge in [-0.1, -0.05) is 0 Å². The van der Waals surface area contributed by atoms with Crippen LogP contribution in [-0.2, 0) is 14.3 Å². The van der Waals surface area contributed by atoms with E-state index in [4.69, 9.17) is 4.74 Å². The maximum atomic E-state index is 11.7. The van der Waals surface area contributed by atoms with Gasteiger partial charge >= 0.3 is 12.1 Å². The van der Waals surface area contributed by atoms with Crippen LogP contribution in [0.1, 0.15) is 27.7 Å². The highest BCUT2D eigenvalue weighted by atomic mass is 16.6. The summed E-state index contributed by atoms with van der Waals surface area (Å²) in [5, 5.41) is 0. The molecule has 1 saturated heterocycles. The summed E-state index contributed by atoms with van der Waals surface area (Å²) in [7, 11) is 1.35. The van der Waals surface area contributed by atoms with E-state index in [0.717, 1.165) is 0 Å². The summed E-state index contributed by atoms with van der Waals surface area (Å²) in [5.41, 5.74) is -0.507. The fourth-order valence-corrected chi connectivity index (χ4v) is 1.59. The van der Waals surface area contributed by atoms with Crippen LogP contribution in [0.5, 0.6) is 0 Å². The summed E-state index contributed by atoms with van der Waals surface area (Å²) in [6, 6.07) is -0.151. The molecule has 0 N–H and O–H groups in total. The van der Waals surface area contributed by atoms with E-state index in [1.807, 2.05) is 27.7 Å². The largest absolute Gasteiger partial charge is 0.469 e. The summed E-state index contributed by atoms with van der Waals surface area (Å²) in [6.45, 7) is 7.63. The third kappa shape index (κ3) is 2.65. The molecule has 0 saturated carbocycles. The molecule has 1 heterocycles. The third-order valence-electron chi connectivity index (χ3n) is 2.60. The molecule has 16 heavy (non-hydrogen) atoms. The zero-order chi connectivity index (χ0) is 12.5. The van der Waals surface area contributed by atoms with Gasteiger partial charge < -0.3 is 14.4 Å². The van der Waals surface area contributed by atoms with Gasteiger partial charge in [0.2, 0.25) is 0 Å². The zero-order valence-electron chi connectivity index (χ0n) is 10.4. The molecule has 2 atom stereocenters. The highest BCUT2D eigenvalue weighted by Crippen LogP contribution is 2.27. The van der Waals surface area contributed by atoms with Crippen LogP contribution in [0.2, 0.25) is 0 Å². The minimum atomic E-state index is -0.507. The molecule has 0 aliphatic carbocycles. The molecule has 0 spiro atoms. The number of rotatable bonds is 1. The number of esters is 1. The van der Waals surface area contributed by atoms with Gasteiger partial charge in [-0.3, -0.25) is 4.79 Å². The molecule has 1 aliphatic rings. The number of carbonyl (C=O) groups excluding carboxylic acids is 2. The average molecular weight is 229 g/mol. The fraction of sp³-hybridized carbons (Fsp3) is 0.818. The van der Waals surface area contributed by atoms with E-state index >= 15 is 0 Å². The number of amides is 1. The predicted octanol–water partition coefficient (Wildman–Crippen LogP) is 1.41. The Bertz CT molecular complexity index is 295. The van der Waals surface area contributed by atoms with Crippen molar-refractivity contribution in [2.75, 3.05) is 13.7 Å². The van der Waals surface area contributed by atoms with E-state index in [-0.39, 0.29) is 24.0 Å². The maximum absolute atomic E-state index is 11.7. The summed E-state index contributed by atoms with van der Waals surface area (Å²) in [4.78, 5) is 24.5. The molecular weight excluding hydrogens is 210 g/mol. The van der Waals surface area contributed by atoms with Crippen LogP contribution in [0.4, 0.5) is 4.79 Å². The monoisotopic (exact) mass is 229 g/mol. The first-order chi connectivity index (χ1) is 7.26. The summed E-state index contributed by atoms with van der Waals surface area (Å²) < 4.78 is 9.84. The number of likely N-dealkylation sites (tertiary alicyclic amines) is 1. The summed E-state index contributed by atoms with van der Waals surface area (Å²) >= 11 is 0. The lowest BCUT2D eigenvalue weighted by Crippen LogP contribution is -2.60. The number of carbonyl (C=O) groups is 2. The molecule has 0 aromatic heterocycles. The molecular formula is C11H19NO4. The molecule has 0 bridgehead atoms. The van der Waals surface area contributed by atoms with Crippen LogP contribution >= 0.6 is 0 Å². The molecule has 1 fully saturated rings. The smallest absolute Gasteiger partial charge is 0.410 e. The Hall–Kier alpha value is -1.26. The van der Waals surface area contributed by atoms with Crippen LogP contribution in [0, 0.1) is 5.92 Å². The van der Waals surface area contributed by atoms with Crippen LogP contribution in [0.15, 0.2) is 0 Å². The highest BCUT2D eigenvalue weighted by molar-refractivity contribution is 5.79. The number of methoxy groups -OCH3 is 1. The molecule has 1 aliphatic heterocycles. The normalized spacial score (nSPS) is 24.7. The molecule has 92 valence electrons. The maximum Gasteiger partial charge on any atom is 0.410 e. The lowest BCUT2D eigenvalue weighted by Gasteiger charge is -2.44. The fourth-order valence-electron chi connectivity index (χ4n) is 1.59. The Morgan fingerprint density at radius 1 is 1.31 bits per heavy atom. The van der Waals surface area contributed by atoms with Gasteiger partial charge in [-0.05, 0) is 27.7 Å². The molecule has 0 aromatic carbocycles. The molecule has 5 nitrogen and oxygen atoms in total. The lowest BCUT2D eigenvalue weighted by atomic mass is 9.90. The molecule has 0 aromatic rings. The van der Waals surface area contributed by atoms with Crippen molar-refractivity contribution >= 4 is 12.1 Å². The molecule has 0 unspecified atom stereocenters.